The molecule has 0 aliphatic rings. The zero-order valence-corrected chi connectivity index (χ0v) is 12.3. The lowest BCUT2D eigenvalue weighted by atomic mass is 10.2. The van der Waals surface area contributed by atoms with E-state index in [9.17, 15) is 19.7 Å². The number of nitrogens with one attached hydrogen (secondary N) is 1. The van der Waals surface area contributed by atoms with E-state index in [1.54, 1.807) is 12.1 Å². The van der Waals surface area contributed by atoms with Gasteiger partial charge in [-0.2, -0.15) is 5.10 Å². The van der Waals surface area contributed by atoms with Gasteiger partial charge in [0.15, 0.2) is 0 Å². The molecular formula is C14H14N4O5. The average Bonchev–Trinajstić information content (AvgIpc) is 2.94. The molecule has 1 aromatic heterocycles. The molecule has 1 amide bonds. The lowest BCUT2D eigenvalue weighted by Crippen LogP contribution is -2.31. The molecular weight excluding hydrogens is 304 g/mol. The van der Waals surface area contributed by atoms with Crippen LogP contribution in [0.4, 0.5) is 5.69 Å². The normalized spacial score (nSPS) is 10.1. The summed E-state index contributed by atoms with van der Waals surface area (Å²) in [6, 6.07) is 9.05. The Morgan fingerprint density at radius 3 is 2.70 bits per heavy atom. The molecule has 0 atom stereocenters. The first kappa shape index (κ1) is 16.1. The molecule has 0 radical (unpaired) electrons. The van der Waals surface area contributed by atoms with Gasteiger partial charge in [-0.05, 0) is 5.56 Å². The molecule has 0 saturated carbocycles. The summed E-state index contributed by atoms with van der Waals surface area (Å²) in [6.07, 6.45) is 1.11. The van der Waals surface area contributed by atoms with E-state index in [-0.39, 0.29) is 12.3 Å². The summed E-state index contributed by atoms with van der Waals surface area (Å²) in [4.78, 5) is 33.5. The van der Waals surface area contributed by atoms with Gasteiger partial charge in [-0.1, -0.05) is 30.3 Å². The van der Waals surface area contributed by atoms with Crippen LogP contribution in [0.1, 0.15) is 16.1 Å². The zero-order valence-electron chi connectivity index (χ0n) is 12.3. The van der Waals surface area contributed by atoms with Gasteiger partial charge in [0.2, 0.25) is 5.69 Å². The number of benzene rings is 1. The van der Waals surface area contributed by atoms with E-state index in [1.807, 2.05) is 18.2 Å². The minimum Gasteiger partial charge on any atom is -0.460 e. The van der Waals surface area contributed by atoms with Crippen molar-refractivity contribution in [3.8, 4) is 0 Å². The number of esters is 1. The van der Waals surface area contributed by atoms with E-state index in [0.717, 1.165) is 16.4 Å². The fraction of sp³-hybridized carbons (Fsp3) is 0.214. The van der Waals surface area contributed by atoms with Crippen molar-refractivity contribution in [2.75, 3.05) is 6.54 Å². The van der Waals surface area contributed by atoms with Crippen LogP contribution in [0.15, 0.2) is 36.5 Å². The SMILES string of the molecule is Cn1cc([N+](=O)[O-])c(C(=O)NCC(=O)OCc2ccccc2)n1. The summed E-state index contributed by atoms with van der Waals surface area (Å²) in [7, 11) is 1.46. The molecule has 0 aliphatic carbocycles. The third-order valence-corrected chi connectivity index (χ3v) is 2.86. The van der Waals surface area contributed by atoms with Crippen LogP contribution >= 0.6 is 0 Å². The third-order valence-electron chi connectivity index (χ3n) is 2.86. The maximum atomic E-state index is 11.9. The maximum absolute atomic E-state index is 11.9. The van der Waals surface area contributed by atoms with Gasteiger partial charge in [0.05, 0.1) is 4.92 Å². The van der Waals surface area contributed by atoms with E-state index in [0.29, 0.717) is 0 Å². The number of carbonyl (C=O) groups is 2. The van der Waals surface area contributed by atoms with Gasteiger partial charge in [-0.25, -0.2) is 0 Å². The second-order valence-corrected chi connectivity index (χ2v) is 4.62. The Morgan fingerprint density at radius 1 is 1.35 bits per heavy atom. The summed E-state index contributed by atoms with van der Waals surface area (Å²) in [5, 5.41) is 16.8. The van der Waals surface area contributed by atoms with Crippen LogP contribution in [0.3, 0.4) is 0 Å². The third kappa shape index (κ3) is 4.37. The molecule has 0 aliphatic heterocycles. The summed E-state index contributed by atoms with van der Waals surface area (Å²) in [5.74, 6) is -1.46. The highest BCUT2D eigenvalue weighted by Crippen LogP contribution is 2.15. The number of nitrogens with zero attached hydrogens (tertiary/aromatic N) is 3. The summed E-state index contributed by atoms with van der Waals surface area (Å²) in [5.41, 5.74) is 0.0311. The number of aromatic nitrogens is 2. The zero-order chi connectivity index (χ0) is 16.8. The molecule has 2 rings (SSSR count). The highest BCUT2D eigenvalue weighted by Gasteiger charge is 2.25. The summed E-state index contributed by atoms with van der Waals surface area (Å²) < 4.78 is 6.14. The fourth-order valence-electron chi connectivity index (χ4n) is 1.80. The second kappa shape index (κ2) is 7.16. The van der Waals surface area contributed by atoms with Gasteiger partial charge < -0.3 is 10.1 Å². The van der Waals surface area contributed by atoms with E-state index >= 15 is 0 Å². The Labute approximate surface area is 131 Å². The van der Waals surface area contributed by atoms with Crippen molar-refractivity contribution < 1.29 is 19.2 Å². The smallest absolute Gasteiger partial charge is 0.325 e. The predicted octanol–water partition coefficient (Wildman–Crippen LogP) is 0.801. The number of nitro groups is 1. The molecule has 0 bridgehead atoms. The molecule has 1 heterocycles. The van der Waals surface area contributed by atoms with Crippen LogP contribution in [0, 0.1) is 10.1 Å². The average molecular weight is 318 g/mol. The van der Waals surface area contributed by atoms with Crippen LogP contribution in [0.2, 0.25) is 0 Å². The Hall–Kier alpha value is -3.23. The van der Waals surface area contributed by atoms with Gasteiger partial charge in [0.1, 0.15) is 19.3 Å². The standard InChI is InChI=1S/C14H14N4O5/c1-17-8-11(18(21)22)13(16-17)14(20)15-7-12(19)23-9-10-5-3-2-4-6-10/h2-6,8H,7,9H2,1H3,(H,15,20). The number of carbonyl (C=O) groups excluding carboxylic acids is 2. The largest absolute Gasteiger partial charge is 0.460 e. The number of ether oxygens (including phenoxy) is 1. The number of aryl methyl sites for hydroxylation is 1. The first-order valence-electron chi connectivity index (χ1n) is 6.63. The summed E-state index contributed by atoms with van der Waals surface area (Å²) in [6.45, 7) is -0.321. The van der Waals surface area contributed by atoms with Crippen molar-refractivity contribution in [2.24, 2.45) is 7.05 Å². The van der Waals surface area contributed by atoms with Gasteiger partial charge in [-0.15, -0.1) is 0 Å². The van der Waals surface area contributed by atoms with E-state index in [2.05, 4.69) is 10.4 Å². The van der Waals surface area contributed by atoms with E-state index in [4.69, 9.17) is 4.74 Å². The molecule has 120 valence electrons. The Morgan fingerprint density at radius 2 is 2.04 bits per heavy atom. The molecule has 1 N–H and O–H groups in total. The minimum atomic E-state index is -0.811. The number of hydrogen-bond donors (Lipinski definition) is 1. The van der Waals surface area contributed by atoms with Crippen molar-refractivity contribution >= 4 is 17.6 Å². The van der Waals surface area contributed by atoms with Crippen LogP contribution in [-0.4, -0.2) is 33.1 Å². The van der Waals surface area contributed by atoms with Gasteiger partial charge in [0, 0.05) is 7.05 Å². The molecule has 2 aromatic rings. The number of rotatable bonds is 6. The molecule has 0 saturated heterocycles. The van der Waals surface area contributed by atoms with Crippen LogP contribution in [0.5, 0.6) is 0 Å². The lowest BCUT2D eigenvalue weighted by Gasteiger charge is -2.05. The van der Waals surface area contributed by atoms with Crippen molar-refractivity contribution in [1.82, 2.24) is 15.1 Å². The Balaban J connectivity index is 1.87. The fourth-order valence-corrected chi connectivity index (χ4v) is 1.80. The minimum absolute atomic E-state index is 0.0826. The highest BCUT2D eigenvalue weighted by atomic mass is 16.6. The molecule has 0 fully saturated rings. The maximum Gasteiger partial charge on any atom is 0.325 e. The Kier molecular flexibility index (Phi) is 5.03. The molecule has 0 spiro atoms. The van der Waals surface area contributed by atoms with Gasteiger partial charge in [-0.3, -0.25) is 24.4 Å². The Bertz CT molecular complexity index is 726. The molecule has 0 unspecified atom stereocenters. The van der Waals surface area contributed by atoms with E-state index in [1.165, 1.54) is 7.05 Å². The molecule has 1 aromatic carbocycles. The first-order chi connectivity index (χ1) is 11.0. The van der Waals surface area contributed by atoms with Crippen molar-refractivity contribution in [3.05, 3.63) is 57.9 Å². The monoisotopic (exact) mass is 318 g/mol. The second-order valence-electron chi connectivity index (χ2n) is 4.62. The van der Waals surface area contributed by atoms with Crippen molar-refractivity contribution in [1.29, 1.82) is 0 Å². The van der Waals surface area contributed by atoms with Gasteiger partial charge in [0.25, 0.3) is 5.91 Å². The van der Waals surface area contributed by atoms with Crippen molar-refractivity contribution in [3.63, 3.8) is 0 Å². The topological polar surface area (TPSA) is 116 Å². The van der Waals surface area contributed by atoms with Crippen molar-refractivity contribution in [2.45, 2.75) is 6.61 Å². The van der Waals surface area contributed by atoms with Crippen LogP contribution in [0.25, 0.3) is 0 Å². The van der Waals surface area contributed by atoms with Crippen LogP contribution in [-0.2, 0) is 23.2 Å². The van der Waals surface area contributed by atoms with Crippen LogP contribution < -0.4 is 5.32 Å². The molecule has 9 nitrogen and oxygen atoms in total. The van der Waals surface area contributed by atoms with Gasteiger partial charge >= 0.3 is 11.7 Å². The number of amides is 1. The summed E-state index contributed by atoms with van der Waals surface area (Å²) >= 11 is 0. The quantitative estimate of drug-likeness (QED) is 0.478. The first-order valence-corrected chi connectivity index (χ1v) is 6.63. The predicted molar refractivity (Wildman–Crippen MR) is 78.4 cm³/mol. The highest BCUT2D eigenvalue weighted by molar-refractivity contribution is 5.97. The molecule has 23 heavy (non-hydrogen) atoms. The van der Waals surface area contributed by atoms with E-state index < -0.39 is 29.0 Å². The number of hydrogen-bond acceptors (Lipinski definition) is 6. The molecule has 9 heteroatoms. The lowest BCUT2D eigenvalue weighted by molar-refractivity contribution is -0.385.